The Bertz CT molecular complexity index is 762. The maximum Gasteiger partial charge on any atom is 0.261 e. The van der Waals surface area contributed by atoms with E-state index in [0.717, 1.165) is 27.3 Å². The van der Waals surface area contributed by atoms with Crippen molar-refractivity contribution in [3.63, 3.8) is 0 Å². The van der Waals surface area contributed by atoms with E-state index < -0.39 is 6.10 Å². The lowest BCUT2D eigenvalue weighted by Gasteiger charge is -2.21. The zero-order chi connectivity index (χ0) is 18.7. The minimum Gasteiger partial charge on any atom is -0.481 e. The van der Waals surface area contributed by atoms with Crippen molar-refractivity contribution in [1.29, 1.82) is 0 Å². The molecular weight excluding hydrogens is 334 g/mol. The van der Waals surface area contributed by atoms with Crippen LogP contribution in [-0.4, -0.2) is 12.0 Å². The van der Waals surface area contributed by atoms with E-state index in [1.807, 2.05) is 32.9 Å². The third-order valence-corrected chi connectivity index (χ3v) is 4.95. The first-order chi connectivity index (χ1) is 11.7. The molecule has 2 atom stereocenters. The Morgan fingerprint density at radius 2 is 1.60 bits per heavy atom. The van der Waals surface area contributed by atoms with Crippen molar-refractivity contribution in [1.82, 2.24) is 5.32 Å². The Morgan fingerprint density at radius 1 is 1.00 bits per heavy atom. The highest BCUT2D eigenvalue weighted by atomic mass is 35.5. The minimum atomic E-state index is -0.590. The van der Waals surface area contributed by atoms with Crippen LogP contribution in [0.1, 0.15) is 47.7 Å². The summed E-state index contributed by atoms with van der Waals surface area (Å²) >= 11 is 6.18. The van der Waals surface area contributed by atoms with Gasteiger partial charge in [-0.25, -0.2) is 0 Å². The summed E-state index contributed by atoms with van der Waals surface area (Å²) in [5, 5.41) is 3.76. The van der Waals surface area contributed by atoms with Crippen LogP contribution in [0.4, 0.5) is 0 Å². The fourth-order valence-electron chi connectivity index (χ4n) is 2.87. The van der Waals surface area contributed by atoms with E-state index in [0.29, 0.717) is 5.75 Å². The first-order valence-corrected chi connectivity index (χ1v) is 8.87. The average Bonchev–Trinajstić information content (AvgIpc) is 2.54. The number of ether oxygens (including phenoxy) is 1. The highest BCUT2D eigenvalue weighted by Crippen LogP contribution is 2.26. The van der Waals surface area contributed by atoms with Gasteiger partial charge < -0.3 is 10.1 Å². The second-order valence-corrected chi connectivity index (χ2v) is 7.10. The smallest absolute Gasteiger partial charge is 0.261 e. The minimum absolute atomic E-state index is 0.0767. The Kier molecular flexibility index (Phi) is 6.12. The number of carbonyl (C=O) groups is 1. The number of carbonyl (C=O) groups excluding carboxylic acids is 1. The maximum absolute atomic E-state index is 12.5. The van der Waals surface area contributed by atoms with Crippen molar-refractivity contribution >= 4 is 17.5 Å². The van der Waals surface area contributed by atoms with E-state index in [9.17, 15) is 4.79 Å². The zero-order valence-corrected chi connectivity index (χ0v) is 16.5. The molecule has 0 radical (unpaired) electrons. The average molecular weight is 360 g/mol. The van der Waals surface area contributed by atoms with Gasteiger partial charge in [0.05, 0.1) is 6.04 Å². The Balaban J connectivity index is 2.06. The van der Waals surface area contributed by atoms with Gasteiger partial charge in [0.1, 0.15) is 5.75 Å². The Morgan fingerprint density at radius 3 is 2.20 bits per heavy atom. The van der Waals surface area contributed by atoms with Gasteiger partial charge in [-0.15, -0.1) is 0 Å². The van der Waals surface area contributed by atoms with E-state index >= 15 is 0 Å². The molecule has 0 bridgehead atoms. The molecule has 1 amide bonds. The topological polar surface area (TPSA) is 38.3 Å². The fourth-order valence-corrected chi connectivity index (χ4v) is 2.98. The Labute approximate surface area is 155 Å². The molecule has 0 spiro atoms. The van der Waals surface area contributed by atoms with Crippen molar-refractivity contribution in [3.05, 3.63) is 63.2 Å². The van der Waals surface area contributed by atoms with Crippen LogP contribution in [0.25, 0.3) is 0 Å². The quantitative estimate of drug-likeness (QED) is 0.794. The molecule has 0 fully saturated rings. The van der Waals surface area contributed by atoms with E-state index in [1.54, 1.807) is 6.92 Å². The molecule has 2 aromatic carbocycles. The molecular formula is C21H26ClNO2. The summed E-state index contributed by atoms with van der Waals surface area (Å²) in [5.41, 5.74) is 5.34. The molecule has 0 aliphatic heterocycles. The predicted molar refractivity (Wildman–Crippen MR) is 103 cm³/mol. The maximum atomic E-state index is 12.5. The number of nitrogens with one attached hydrogen (secondary N) is 1. The summed E-state index contributed by atoms with van der Waals surface area (Å²) in [6, 6.07) is 9.89. The molecule has 0 saturated heterocycles. The third kappa shape index (κ3) is 4.76. The van der Waals surface area contributed by atoms with Gasteiger partial charge in [-0.05, 0) is 75.9 Å². The SMILES string of the molecule is Cc1ccc(C)c([C@@H](C)NC(=O)[C@@H](C)Oc2cc(C)c(Cl)c(C)c2)c1. The summed E-state index contributed by atoms with van der Waals surface area (Å²) in [6.07, 6.45) is -0.590. The molecule has 2 rings (SSSR count). The van der Waals surface area contributed by atoms with Gasteiger partial charge in [0.15, 0.2) is 6.10 Å². The molecule has 0 saturated carbocycles. The highest BCUT2D eigenvalue weighted by molar-refractivity contribution is 6.32. The van der Waals surface area contributed by atoms with E-state index in [4.69, 9.17) is 16.3 Å². The first-order valence-electron chi connectivity index (χ1n) is 8.50. The number of benzene rings is 2. The monoisotopic (exact) mass is 359 g/mol. The number of amides is 1. The van der Waals surface area contributed by atoms with Crippen LogP contribution in [-0.2, 0) is 4.79 Å². The summed E-state index contributed by atoms with van der Waals surface area (Å²) in [7, 11) is 0. The summed E-state index contributed by atoms with van der Waals surface area (Å²) in [5.74, 6) is 0.514. The second kappa shape index (κ2) is 7.92. The number of rotatable bonds is 5. The lowest BCUT2D eigenvalue weighted by Crippen LogP contribution is -2.38. The number of aryl methyl sites for hydroxylation is 4. The molecule has 0 aliphatic carbocycles. The molecule has 3 nitrogen and oxygen atoms in total. The van der Waals surface area contributed by atoms with Gasteiger partial charge in [-0.2, -0.15) is 0 Å². The van der Waals surface area contributed by atoms with Gasteiger partial charge in [-0.1, -0.05) is 35.4 Å². The first kappa shape index (κ1) is 19.3. The highest BCUT2D eigenvalue weighted by Gasteiger charge is 2.19. The lowest BCUT2D eigenvalue weighted by molar-refractivity contribution is -0.127. The van der Waals surface area contributed by atoms with Crippen LogP contribution in [0.5, 0.6) is 5.75 Å². The van der Waals surface area contributed by atoms with Crippen molar-refractivity contribution in [2.45, 2.75) is 53.7 Å². The molecule has 4 heteroatoms. The molecule has 0 aliphatic rings. The third-order valence-electron chi connectivity index (χ3n) is 4.35. The van der Waals surface area contributed by atoms with Crippen LogP contribution in [0.2, 0.25) is 5.02 Å². The molecule has 134 valence electrons. The van der Waals surface area contributed by atoms with Crippen LogP contribution in [0.15, 0.2) is 30.3 Å². The van der Waals surface area contributed by atoms with E-state index in [2.05, 4.69) is 37.4 Å². The van der Waals surface area contributed by atoms with E-state index in [-0.39, 0.29) is 11.9 Å². The van der Waals surface area contributed by atoms with Crippen molar-refractivity contribution in [2.75, 3.05) is 0 Å². The molecule has 1 N–H and O–H groups in total. The molecule has 2 aromatic rings. The Hall–Kier alpha value is -2.00. The number of halogens is 1. The summed E-state index contributed by atoms with van der Waals surface area (Å²) in [6.45, 7) is 11.7. The number of hydrogen-bond donors (Lipinski definition) is 1. The predicted octanol–water partition coefficient (Wildman–Crippen LogP) is 5.22. The molecule has 25 heavy (non-hydrogen) atoms. The number of hydrogen-bond acceptors (Lipinski definition) is 2. The van der Waals surface area contributed by atoms with Crippen molar-refractivity contribution in [2.24, 2.45) is 0 Å². The van der Waals surface area contributed by atoms with Crippen LogP contribution < -0.4 is 10.1 Å². The van der Waals surface area contributed by atoms with Crippen LogP contribution >= 0.6 is 11.6 Å². The molecule has 0 heterocycles. The van der Waals surface area contributed by atoms with Gasteiger partial charge >= 0.3 is 0 Å². The largest absolute Gasteiger partial charge is 0.481 e. The van der Waals surface area contributed by atoms with Crippen LogP contribution in [0.3, 0.4) is 0 Å². The summed E-state index contributed by atoms with van der Waals surface area (Å²) in [4.78, 5) is 12.5. The van der Waals surface area contributed by atoms with Crippen molar-refractivity contribution in [3.8, 4) is 5.75 Å². The second-order valence-electron chi connectivity index (χ2n) is 6.72. The summed E-state index contributed by atoms with van der Waals surface area (Å²) < 4.78 is 5.81. The zero-order valence-electron chi connectivity index (χ0n) is 15.7. The molecule has 0 aromatic heterocycles. The normalized spacial score (nSPS) is 13.2. The van der Waals surface area contributed by atoms with Crippen molar-refractivity contribution < 1.29 is 9.53 Å². The lowest BCUT2D eigenvalue weighted by atomic mass is 10.00. The molecule has 0 unspecified atom stereocenters. The van der Waals surface area contributed by atoms with Gasteiger partial charge in [0.2, 0.25) is 0 Å². The standard InChI is InChI=1S/C21H26ClNO2/c1-12-7-8-13(2)19(9-12)16(5)23-21(24)17(6)25-18-10-14(3)20(22)15(4)11-18/h7-11,16-17H,1-6H3,(H,23,24)/t16-,17-/m1/s1. The van der Waals surface area contributed by atoms with Gasteiger partial charge in [0, 0.05) is 5.02 Å². The van der Waals surface area contributed by atoms with Gasteiger partial charge in [-0.3, -0.25) is 4.79 Å². The van der Waals surface area contributed by atoms with Gasteiger partial charge in [0.25, 0.3) is 5.91 Å². The van der Waals surface area contributed by atoms with Crippen LogP contribution in [0, 0.1) is 27.7 Å². The van der Waals surface area contributed by atoms with E-state index in [1.165, 1.54) is 5.56 Å². The fraction of sp³-hybridized carbons (Fsp3) is 0.381.